The molecule has 2 nitrogen and oxygen atoms in total. The summed E-state index contributed by atoms with van der Waals surface area (Å²) in [7, 11) is 1.25. The number of benzene rings is 2. The maximum absolute atomic E-state index is 6.03. The standard InChI is InChI=1S/C18H18Cl2N2.2BrH.Ni/c1-11-5-7-15(19)9-17(11)21-13(3)14(4)22-18-10-16(20)8-6-12(18)2;;;/h5-10H,1-4H3;2*1H;/q;;;+2/p-2. The molecule has 7 heteroatoms. The zero-order valence-electron chi connectivity index (χ0n) is 14.2. The summed E-state index contributed by atoms with van der Waals surface area (Å²) in [6.07, 6.45) is 0. The Morgan fingerprint density at radius 2 is 1.12 bits per heavy atom. The van der Waals surface area contributed by atoms with Crippen LogP contribution in [0.3, 0.4) is 0 Å². The van der Waals surface area contributed by atoms with Crippen LogP contribution in [0.2, 0.25) is 10.0 Å². The van der Waals surface area contributed by atoms with Crippen molar-refractivity contribution >= 4 is 74.5 Å². The van der Waals surface area contributed by atoms with E-state index in [-0.39, 0.29) is 0 Å². The second-order valence-electron chi connectivity index (χ2n) is 5.30. The Morgan fingerprint density at radius 1 is 0.800 bits per heavy atom. The molecule has 2 aromatic rings. The molecule has 0 heterocycles. The van der Waals surface area contributed by atoms with Gasteiger partial charge in [-0.05, 0) is 63.1 Å². The minimum absolute atomic E-state index is 0.678. The zero-order valence-corrected chi connectivity index (χ0v) is 19.9. The van der Waals surface area contributed by atoms with Crippen molar-refractivity contribution in [2.75, 3.05) is 0 Å². The van der Waals surface area contributed by atoms with Gasteiger partial charge in [0.05, 0.1) is 22.8 Å². The third-order valence-electron chi connectivity index (χ3n) is 3.44. The van der Waals surface area contributed by atoms with Gasteiger partial charge in [-0.3, -0.25) is 9.98 Å². The summed E-state index contributed by atoms with van der Waals surface area (Å²) in [6, 6.07) is 11.4. The monoisotopic (exact) mass is 548 g/mol. The number of hydrogen-bond donors (Lipinski definition) is 0. The second kappa shape index (κ2) is 11.5. The fraction of sp³-hybridized carbons (Fsp3) is 0.222. The molecule has 2 rings (SSSR count). The van der Waals surface area contributed by atoms with Gasteiger partial charge in [0, 0.05) is 10.0 Å². The van der Waals surface area contributed by atoms with Gasteiger partial charge in [-0.2, -0.15) is 0 Å². The quantitative estimate of drug-likeness (QED) is 0.271. The molecule has 0 atom stereocenters. The second-order valence-corrected chi connectivity index (χ2v) is 11.2. The average Bonchev–Trinajstić information content (AvgIpc) is 2.55. The molecule has 0 spiro atoms. The van der Waals surface area contributed by atoms with Crippen molar-refractivity contribution in [2.24, 2.45) is 9.98 Å². The Labute approximate surface area is 179 Å². The van der Waals surface area contributed by atoms with Crippen LogP contribution in [0.25, 0.3) is 0 Å². The molecule has 0 aliphatic heterocycles. The summed E-state index contributed by atoms with van der Waals surface area (Å²) in [4.78, 5) is 9.27. The van der Waals surface area contributed by atoms with Crippen LogP contribution in [0.15, 0.2) is 46.4 Å². The molecule has 25 heavy (non-hydrogen) atoms. The van der Waals surface area contributed by atoms with E-state index in [9.17, 15) is 0 Å². The average molecular weight is 552 g/mol. The molecule has 0 bridgehead atoms. The molecule has 138 valence electrons. The molecule has 0 unspecified atom stereocenters. The molecule has 0 aliphatic rings. The Morgan fingerprint density at radius 3 is 1.44 bits per heavy atom. The van der Waals surface area contributed by atoms with Crippen molar-refractivity contribution in [3.63, 3.8) is 0 Å². The number of halogens is 4. The van der Waals surface area contributed by atoms with Crippen LogP contribution in [0.5, 0.6) is 0 Å². The first-order chi connectivity index (χ1) is 11.8. The summed E-state index contributed by atoms with van der Waals surface area (Å²) < 4.78 is 0. The van der Waals surface area contributed by atoms with E-state index < -0.39 is 0 Å². The third kappa shape index (κ3) is 7.92. The normalized spacial score (nSPS) is 12.0. The Hall–Kier alpha value is -0.186. The fourth-order valence-corrected chi connectivity index (χ4v) is 2.26. The van der Waals surface area contributed by atoms with Crippen molar-refractivity contribution in [2.45, 2.75) is 27.7 Å². The Balaban J connectivity index is 0.000000970. The van der Waals surface area contributed by atoms with Gasteiger partial charge in [-0.15, -0.1) is 0 Å². The third-order valence-corrected chi connectivity index (χ3v) is 3.91. The SMILES string of the molecule is CC(=Nc1cc(Cl)ccc1C)C(C)=Nc1cc(Cl)ccc1C.[Br][Ni][Br]. The zero-order chi connectivity index (χ0) is 19.0. The van der Waals surface area contributed by atoms with E-state index in [2.05, 4.69) is 38.4 Å². The van der Waals surface area contributed by atoms with Gasteiger partial charge in [0.15, 0.2) is 0 Å². The van der Waals surface area contributed by atoms with Gasteiger partial charge in [0.1, 0.15) is 0 Å². The Kier molecular flexibility index (Phi) is 10.5. The van der Waals surface area contributed by atoms with E-state index in [1.807, 2.05) is 64.1 Å². The maximum atomic E-state index is 6.03. The van der Waals surface area contributed by atoms with Crippen LogP contribution in [0.1, 0.15) is 25.0 Å². The van der Waals surface area contributed by atoms with Gasteiger partial charge in [-0.25, -0.2) is 0 Å². The van der Waals surface area contributed by atoms with Crippen LogP contribution < -0.4 is 0 Å². The van der Waals surface area contributed by atoms with E-state index in [4.69, 9.17) is 23.2 Å². The van der Waals surface area contributed by atoms with Crippen molar-refractivity contribution in [1.29, 1.82) is 0 Å². The van der Waals surface area contributed by atoms with Gasteiger partial charge in [-0.1, -0.05) is 35.3 Å². The first kappa shape index (κ1) is 22.9. The first-order valence-electron chi connectivity index (χ1n) is 7.24. The molecule has 2 aromatic carbocycles. The molecule has 0 aromatic heterocycles. The summed E-state index contributed by atoms with van der Waals surface area (Å²) in [6.45, 7) is 7.91. The van der Waals surface area contributed by atoms with Crippen molar-refractivity contribution in [3.8, 4) is 0 Å². The molecule has 0 saturated heterocycles. The minimum atomic E-state index is 0.678. The van der Waals surface area contributed by atoms with Crippen LogP contribution in [0.4, 0.5) is 11.4 Å². The molecule has 0 fully saturated rings. The molecular weight excluding hydrogens is 534 g/mol. The van der Waals surface area contributed by atoms with Crippen LogP contribution in [0, 0.1) is 13.8 Å². The topological polar surface area (TPSA) is 24.7 Å². The van der Waals surface area contributed by atoms with Gasteiger partial charge < -0.3 is 0 Å². The predicted molar refractivity (Wildman–Crippen MR) is 116 cm³/mol. The summed E-state index contributed by atoms with van der Waals surface area (Å²) in [5.74, 6) is 0. The molecule has 0 saturated carbocycles. The van der Waals surface area contributed by atoms with Gasteiger partial charge in [0.2, 0.25) is 0 Å². The number of nitrogens with zero attached hydrogens (tertiary/aromatic N) is 2. The Bertz CT molecular complexity index is 727. The number of hydrogen-bond acceptors (Lipinski definition) is 2. The van der Waals surface area contributed by atoms with Gasteiger partial charge >= 0.3 is 39.3 Å². The van der Waals surface area contributed by atoms with Gasteiger partial charge in [0.25, 0.3) is 0 Å². The van der Waals surface area contributed by atoms with E-state index in [1.165, 1.54) is 10.9 Å². The van der Waals surface area contributed by atoms with Crippen molar-refractivity contribution < 1.29 is 10.9 Å². The fourth-order valence-electron chi connectivity index (χ4n) is 1.93. The summed E-state index contributed by atoms with van der Waals surface area (Å²) in [5.41, 5.74) is 5.59. The number of aryl methyl sites for hydroxylation is 2. The van der Waals surface area contributed by atoms with Crippen LogP contribution in [-0.2, 0) is 10.9 Å². The van der Waals surface area contributed by atoms with Crippen molar-refractivity contribution in [1.82, 2.24) is 0 Å². The number of rotatable bonds is 3. The number of aliphatic imine (C=N–C) groups is 2. The summed E-state index contributed by atoms with van der Waals surface area (Å²) in [5, 5.41) is 1.36. The van der Waals surface area contributed by atoms with Crippen molar-refractivity contribution in [3.05, 3.63) is 57.6 Å². The van der Waals surface area contributed by atoms with E-state index in [0.29, 0.717) is 10.0 Å². The van der Waals surface area contributed by atoms with E-state index >= 15 is 0 Å². The molecule has 0 radical (unpaired) electrons. The van der Waals surface area contributed by atoms with Crippen LogP contribution in [-0.4, -0.2) is 11.4 Å². The molecule has 0 N–H and O–H groups in total. The first-order valence-corrected chi connectivity index (χ1v) is 12.9. The predicted octanol–water partition coefficient (Wildman–Crippen LogP) is 8.18. The molecule has 0 aliphatic carbocycles. The molecule has 0 amide bonds. The van der Waals surface area contributed by atoms with E-state index in [1.54, 1.807) is 0 Å². The van der Waals surface area contributed by atoms with Crippen LogP contribution >= 0.6 is 51.7 Å². The van der Waals surface area contributed by atoms with E-state index in [0.717, 1.165) is 33.9 Å². The summed E-state index contributed by atoms with van der Waals surface area (Å²) >= 11 is 18.1. The molecular formula is C18H18Br2Cl2N2Ni.